The summed E-state index contributed by atoms with van der Waals surface area (Å²) in [6.07, 6.45) is -1.00. The Morgan fingerprint density at radius 3 is 2.11 bits per heavy atom. The summed E-state index contributed by atoms with van der Waals surface area (Å²) in [5.74, 6) is 0. The van der Waals surface area contributed by atoms with E-state index in [0.717, 1.165) is 16.7 Å². The summed E-state index contributed by atoms with van der Waals surface area (Å²) in [6.45, 7) is 1.83. The van der Waals surface area contributed by atoms with Gasteiger partial charge in [0.05, 0.1) is 6.04 Å². The Bertz CT molecular complexity index is 520. The molecule has 2 aromatic carbocycles. The van der Waals surface area contributed by atoms with E-state index in [4.69, 9.17) is 5.11 Å². The lowest BCUT2D eigenvalue weighted by Crippen LogP contribution is -2.24. The minimum Gasteiger partial charge on any atom is -0.465 e. The van der Waals surface area contributed by atoms with Crippen LogP contribution in [0.3, 0.4) is 0 Å². The zero-order chi connectivity index (χ0) is 13.0. The minimum atomic E-state index is -1.00. The Morgan fingerprint density at radius 2 is 1.56 bits per heavy atom. The van der Waals surface area contributed by atoms with Gasteiger partial charge in [0.2, 0.25) is 0 Å². The molecule has 0 spiro atoms. The highest BCUT2D eigenvalue weighted by atomic mass is 16.4. The van der Waals surface area contributed by atoms with Crippen LogP contribution < -0.4 is 5.32 Å². The maximum atomic E-state index is 10.6. The fraction of sp³-hybridized carbons (Fsp3) is 0.133. The quantitative estimate of drug-likeness (QED) is 0.861. The van der Waals surface area contributed by atoms with Gasteiger partial charge in [0.1, 0.15) is 0 Å². The summed E-state index contributed by atoms with van der Waals surface area (Å²) in [5, 5.41) is 11.1. The molecule has 18 heavy (non-hydrogen) atoms. The molecule has 0 heterocycles. The van der Waals surface area contributed by atoms with Gasteiger partial charge in [0.25, 0.3) is 0 Å². The molecule has 0 aliphatic carbocycles. The first kappa shape index (κ1) is 12.2. The second-order valence-electron chi connectivity index (χ2n) is 4.16. The van der Waals surface area contributed by atoms with Crippen LogP contribution in [0.1, 0.15) is 18.5 Å². The first-order chi connectivity index (χ1) is 8.66. The number of hydrogen-bond donors (Lipinski definition) is 2. The first-order valence-corrected chi connectivity index (χ1v) is 5.81. The number of carbonyl (C=O) groups is 1. The third-order valence-corrected chi connectivity index (χ3v) is 2.86. The topological polar surface area (TPSA) is 49.3 Å². The van der Waals surface area contributed by atoms with Crippen LogP contribution in [0.15, 0.2) is 54.6 Å². The molecule has 0 saturated carbocycles. The molecular formula is C15H15NO2. The molecule has 2 aromatic rings. The van der Waals surface area contributed by atoms with E-state index in [1.807, 2.05) is 61.5 Å². The first-order valence-electron chi connectivity index (χ1n) is 5.81. The van der Waals surface area contributed by atoms with Crippen LogP contribution in [0.25, 0.3) is 11.1 Å². The van der Waals surface area contributed by atoms with Crippen molar-refractivity contribution in [3.8, 4) is 11.1 Å². The average Bonchev–Trinajstić information content (AvgIpc) is 2.39. The number of nitrogens with one attached hydrogen (secondary N) is 1. The number of rotatable bonds is 3. The molecule has 0 saturated heterocycles. The Kier molecular flexibility index (Phi) is 3.63. The number of benzene rings is 2. The van der Waals surface area contributed by atoms with Crippen molar-refractivity contribution in [3.63, 3.8) is 0 Å². The molecule has 0 aromatic heterocycles. The van der Waals surface area contributed by atoms with Crippen LogP contribution in [-0.4, -0.2) is 11.2 Å². The fourth-order valence-corrected chi connectivity index (χ4v) is 1.86. The van der Waals surface area contributed by atoms with Crippen molar-refractivity contribution in [2.24, 2.45) is 0 Å². The summed E-state index contributed by atoms with van der Waals surface area (Å²) >= 11 is 0. The van der Waals surface area contributed by atoms with Gasteiger partial charge in [0.15, 0.2) is 0 Å². The van der Waals surface area contributed by atoms with Crippen LogP contribution in [0.2, 0.25) is 0 Å². The van der Waals surface area contributed by atoms with Gasteiger partial charge in [-0.1, -0.05) is 54.6 Å². The van der Waals surface area contributed by atoms with Crippen molar-refractivity contribution < 1.29 is 9.90 Å². The van der Waals surface area contributed by atoms with E-state index in [1.54, 1.807) is 0 Å². The molecular weight excluding hydrogens is 226 g/mol. The summed E-state index contributed by atoms with van der Waals surface area (Å²) in [4.78, 5) is 10.6. The summed E-state index contributed by atoms with van der Waals surface area (Å²) in [6, 6.07) is 17.8. The van der Waals surface area contributed by atoms with E-state index in [9.17, 15) is 4.79 Å². The molecule has 92 valence electrons. The van der Waals surface area contributed by atoms with Gasteiger partial charge in [0, 0.05) is 0 Å². The SMILES string of the molecule is CC(NC(=O)O)c1ccc(-c2ccccc2)cc1. The molecule has 0 radical (unpaired) electrons. The molecule has 1 amide bonds. The molecule has 3 nitrogen and oxygen atoms in total. The molecule has 2 N–H and O–H groups in total. The second kappa shape index (κ2) is 5.36. The Balaban J connectivity index is 2.18. The van der Waals surface area contributed by atoms with Crippen molar-refractivity contribution in [1.82, 2.24) is 5.32 Å². The van der Waals surface area contributed by atoms with Crippen LogP contribution in [-0.2, 0) is 0 Å². The highest BCUT2D eigenvalue weighted by Gasteiger charge is 2.07. The Hall–Kier alpha value is -2.29. The van der Waals surface area contributed by atoms with E-state index >= 15 is 0 Å². The molecule has 1 atom stereocenters. The van der Waals surface area contributed by atoms with Crippen LogP contribution in [0.5, 0.6) is 0 Å². The minimum absolute atomic E-state index is 0.202. The van der Waals surface area contributed by atoms with Crippen molar-refractivity contribution in [1.29, 1.82) is 0 Å². The predicted octanol–water partition coefficient (Wildman–Crippen LogP) is 3.68. The normalized spacial score (nSPS) is 11.8. The van der Waals surface area contributed by atoms with Gasteiger partial charge in [-0.2, -0.15) is 0 Å². The number of amides is 1. The summed E-state index contributed by atoms with van der Waals surface area (Å²) < 4.78 is 0. The molecule has 0 bridgehead atoms. The Labute approximate surface area is 106 Å². The van der Waals surface area contributed by atoms with Gasteiger partial charge in [-0.15, -0.1) is 0 Å². The third-order valence-electron chi connectivity index (χ3n) is 2.86. The Morgan fingerprint density at radius 1 is 1.00 bits per heavy atom. The maximum absolute atomic E-state index is 10.6. The monoisotopic (exact) mass is 241 g/mol. The fourth-order valence-electron chi connectivity index (χ4n) is 1.86. The van der Waals surface area contributed by atoms with Crippen LogP contribution >= 0.6 is 0 Å². The van der Waals surface area contributed by atoms with Gasteiger partial charge in [-0.05, 0) is 23.6 Å². The van der Waals surface area contributed by atoms with E-state index in [-0.39, 0.29) is 6.04 Å². The van der Waals surface area contributed by atoms with Crippen LogP contribution in [0.4, 0.5) is 4.79 Å². The van der Waals surface area contributed by atoms with Crippen molar-refractivity contribution >= 4 is 6.09 Å². The number of hydrogen-bond acceptors (Lipinski definition) is 1. The lowest BCUT2D eigenvalue weighted by Gasteiger charge is -2.12. The highest BCUT2D eigenvalue weighted by Crippen LogP contribution is 2.21. The third kappa shape index (κ3) is 2.88. The van der Waals surface area contributed by atoms with Crippen molar-refractivity contribution in [2.75, 3.05) is 0 Å². The molecule has 0 aliphatic heterocycles. The van der Waals surface area contributed by atoms with Crippen LogP contribution in [0, 0.1) is 0 Å². The lowest BCUT2D eigenvalue weighted by atomic mass is 10.0. The zero-order valence-corrected chi connectivity index (χ0v) is 10.1. The number of carboxylic acid groups (broad SMARTS) is 1. The largest absolute Gasteiger partial charge is 0.465 e. The van der Waals surface area contributed by atoms with Gasteiger partial charge < -0.3 is 10.4 Å². The van der Waals surface area contributed by atoms with Gasteiger partial charge in [-0.3, -0.25) is 0 Å². The van der Waals surface area contributed by atoms with E-state index < -0.39 is 6.09 Å². The van der Waals surface area contributed by atoms with Gasteiger partial charge >= 0.3 is 6.09 Å². The summed E-state index contributed by atoms with van der Waals surface area (Å²) in [7, 11) is 0. The molecule has 3 heteroatoms. The van der Waals surface area contributed by atoms with E-state index in [0.29, 0.717) is 0 Å². The summed E-state index contributed by atoms with van der Waals surface area (Å²) in [5.41, 5.74) is 3.24. The molecule has 1 unspecified atom stereocenters. The molecule has 0 fully saturated rings. The van der Waals surface area contributed by atoms with E-state index in [2.05, 4.69) is 5.32 Å². The van der Waals surface area contributed by atoms with Crippen molar-refractivity contribution in [3.05, 3.63) is 60.2 Å². The standard InChI is InChI=1S/C15H15NO2/c1-11(16-15(17)18)12-7-9-14(10-8-12)13-5-3-2-4-6-13/h2-11,16H,1H3,(H,17,18). The highest BCUT2D eigenvalue weighted by molar-refractivity contribution is 5.66. The molecule has 0 aliphatic rings. The van der Waals surface area contributed by atoms with Crippen molar-refractivity contribution in [2.45, 2.75) is 13.0 Å². The maximum Gasteiger partial charge on any atom is 0.405 e. The smallest absolute Gasteiger partial charge is 0.405 e. The zero-order valence-electron chi connectivity index (χ0n) is 10.1. The van der Waals surface area contributed by atoms with Gasteiger partial charge in [-0.25, -0.2) is 4.79 Å². The predicted molar refractivity (Wildman–Crippen MR) is 71.5 cm³/mol. The lowest BCUT2D eigenvalue weighted by molar-refractivity contribution is 0.191. The molecule has 2 rings (SSSR count). The average molecular weight is 241 g/mol. The van der Waals surface area contributed by atoms with E-state index in [1.165, 1.54) is 0 Å². The second-order valence-corrected chi connectivity index (χ2v) is 4.16.